The molecule has 25 heavy (non-hydrogen) atoms. The SMILES string of the molecule is CC(C)N(CCN1C(=O)C(=NNC(N)=O)c2ccccc21)C(C)C.Cl. The van der Waals surface area contributed by atoms with E-state index in [1.165, 1.54) is 0 Å². The van der Waals surface area contributed by atoms with Crippen LogP contribution in [0.4, 0.5) is 10.5 Å². The lowest BCUT2D eigenvalue weighted by Gasteiger charge is -2.32. The highest BCUT2D eigenvalue weighted by molar-refractivity contribution is 6.54. The zero-order valence-electron chi connectivity index (χ0n) is 15.0. The first-order chi connectivity index (χ1) is 11.3. The molecule has 0 atom stereocenters. The van der Waals surface area contributed by atoms with Crippen molar-refractivity contribution in [1.29, 1.82) is 0 Å². The van der Waals surface area contributed by atoms with Crippen molar-refractivity contribution in [1.82, 2.24) is 10.3 Å². The molecule has 0 aromatic heterocycles. The van der Waals surface area contributed by atoms with Crippen LogP contribution in [0.3, 0.4) is 0 Å². The highest BCUT2D eigenvalue weighted by Crippen LogP contribution is 2.28. The van der Waals surface area contributed by atoms with E-state index >= 15 is 0 Å². The summed E-state index contributed by atoms with van der Waals surface area (Å²) in [5.74, 6) is -0.225. The van der Waals surface area contributed by atoms with E-state index in [-0.39, 0.29) is 24.0 Å². The van der Waals surface area contributed by atoms with Crippen molar-refractivity contribution in [2.45, 2.75) is 39.8 Å². The minimum atomic E-state index is -0.794. The van der Waals surface area contributed by atoms with E-state index in [4.69, 9.17) is 5.73 Å². The third-order valence-electron chi connectivity index (χ3n) is 4.08. The van der Waals surface area contributed by atoms with Crippen LogP contribution in [0.25, 0.3) is 0 Å². The number of primary amides is 1. The largest absolute Gasteiger partial charge is 0.350 e. The van der Waals surface area contributed by atoms with Crippen LogP contribution in [0.15, 0.2) is 29.4 Å². The van der Waals surface area contributed by atoms with Gasteiger partial charge in [-0.05, 0) is 33.8 Å². The van der Waals surface area contributed by atoms with Gasteiger partial charge in [-0.15, -0.1) is 12.4 Å². The highest BCUT2D eigenvalue weighted by Gasteiger charge is 2.34. The molecule has 1 aromatic carbocycles. The number of amides is 3. The summed E-state index contributed by atoms with van der Waals surface area (Å²) in [6, 6.07) is 7.41. The second-order valence-electron chi connectivity index (χ2n) is 6.34. The van der Waals surface area contributed by atoms with Crippen LogP contribution >= 0.6 is 12.4 Å². The number of nitrogens with one attached hydrogen (secondary N) is 1. The van der Waals surface area contributed by atoms with Gasteiger partial charge in [-0.2, -0.15) is 5.10 Å². The predicted octanol–water partition coefficient (Wildman–Crippen LogP) is 1.95. The van der Waals surface area contributed by atoms with Crippen LogP contribution in [0.1, 0.15) is 33.3 Å². The number of hydrogen-bond acceptors (Lipinski definition) is 4. The molecule has 138 valence electrons. The van der Waals surface area contributed by atoms with Gasteiger partial charge < -0.3 is 10.6 Å². The molecule has 1 aliphatic heterocycles. The van der Waals surface area contributed by atoms with E-state index in [1.54, 1.807) is 4.90 Å². The Bertz CT molecular complexity index is 652. The monoisotopic (exact) mass is 367 g/mol. The standard InChI is InChI=1S/C17H25N5O2.ClH/c1-11(2)21(12(3)4)9-10-22-14-8-6-5-7-13(14)15(16(22)23)19-20-17(18)24;/h5-8,11-12H,9-10H2,1-4H3,(H3,18,20,24);1H. The van der Waals surface area contributed by atoms with Gasteiger partial charge in [0.05, 0.1) is 5.69 Å². The number of anilines is 1. The number of para-hydroxylation sites is 1. The van der Waals surface area contributed by atoms with Gasteiger partial charge in [-0.1, -0.05) is 18.2 Å². The van der Waals surface area contributed by atoms with Crippen LogP contribution in [0.5, 0.6) is 0 Å². The number of rotatable bonds is 6. The summed E-state index contributed by atoms with van der Waals surface area (Å²) >= 11 is 0. The van der Waals surface area contributed by atoms with Crippen molar-refractivity contribution in [2.24, 2.45) is 10.8 Å². The van der Waals surface area contributed by atoms with Gasteiger partial charge in [-0.3, -0.25) is 9.69 Å². The quantitative estimate of drug-likeness (QED) is 0.753. The summed E-state index contributed by atoms with van der Waals surface area (Å²) in [6.07, 6.45) is 0. The molecule has 0 fully saturated rings. The molecular weight excluding hydrogens is 342 g/mol. The summed E-state index contributed by atoms with van der Waals surface area (Å²) in [5.41, 5.74) is 8.92. The Balaban J connectivity index is 0.00000312. The Morgan fingerprint density at radius 1 is 1.24 bits per heavy atom. The molecule has 3 amide bonds. The van der Waals surface area contributed by atoms with E-state index in [0.717, 1.165) is 12.2 Å². The molecule has 7 nitrogen and oxygen atoms in total. The first-order valence-corrected chi connectivity index (χ1v) is 8.13. The zero-order chi connectivity index (χ0) is 17.9. The molecule has 0 saturated heterocycles. The molecular formula is C17H26ClN5O2. The van der Waals surface area contributed by atoms with Gasteiger partial charge in [0.25, 0.3) is 5.91 Å². The second kappa shape index (κ2) is 8.82. The van der Waals surface area contributed by atoms with Crippen molar-refractivity contribution in [3.63, 3.8) is 0 Å². The van der Waals surface area contributed by atoms with Crippen LogP contribution in [0, 0.1) is 0 Å². The van der Waals surface area contributed by atoms with Gasteiger partial charge >= 0.3 is 6.03 Å². The number of fused-ring (bicyclic) bond motifs is 1. The molecule has 0 unspecified atom stereocenters. The van der Waals surface area contributed by atoms with E-state index in [2.05, 4.69) is 43.1 Å². The number of urea groups is 1. The fourth-order valence-corrected chi connectivity index (χ4v) is 3.03. The van der Waals surface area contributed by atoms with Crippen molar-refractivity contribution < 1.29 is 9.59 Å². The average Bonchev–Trinajstić information content (AvgIpc) is 2.77. The van der Waals surface area contributed by atoms with Gasteiger partial charge in [0, 0.05) is 30.7 Å². The molecule has 0 saturated carbocycles. The summed E-state index contributed by atoms with van der Waals surface area (Å²) in [5, 5.41) is 3.88. The number of hydrazone groups is 1. The maximum Gasteiger partial charge on any atom is 0.332 e. The van der Waals surface area contributed by atoms with Crippen molar-refractivity contribution in [2.75, 3.05) is 18.0 Å². The lowest BCUT2D eigenvalue weighted by Crippen LogP contribution is -2.44. The van der Waals surface area contributed by atoms with Gasteiger partial charge in [0.15, 0.2) is 5.71 Å². The number of nitrogens with zero attached hydrogens (tertiary/aromatic N) is 3. The fourth-order valence-electron chi connectivity index (χ4n) is 3.03. The maximum atomic E-state index is 12.7. The van der Waals surface area contributed by atoms with Crippen molar-refractivity contribution >= 4 is 35.7 Å². The highest BCUT2D eigenvalue weighted by atomic mass is 35.5. The Hall–Kier alpha value is -2.12. The average molecular weight is 368 g/mol. The van der Waals surface area contributed by atoms with Gasteiger partial charge in [0.1, 0.15) is 0 Å². The normalized spacial score (nSPS) is 15.1. The number of hydrogen-bond donors (Lipinski definition) is 2. The van der Waals surface area contributed by atoms with Gasteiger partial charge in [-0.25, -0.2) is 10.2 Å². The summed E-state index contributed by atoms with van der Waals surface area (Å²) in [6.45, 7) is 9.88. The van der Waals surface area contributed by atoms with E-state index < -0.39 is 6.03 Å². The van der Waals surface area contributed by atoms with Crippen LogP contribution in [-0.4, -0.2) is 47.7 Å². The van der Waals surface area contributed by atoms with Crippen LogP contribution in [0.2, 0.25) is 0 Å². The Labute approximate surface area is 154 Å². The molecule has 3 N–H and O–H groups in total. The summed E-state index contributed by atoms with van der Waals surface area (Å²) in [4.78, 5) is 27.6. The van der Waals surface area contributed by atoms with E-state index in [0.29, 0.717) is 24.2 Å². The molecule has 0 aliphatic carbocycles. The number of carbonyl (C=O) groups excluding carboxylic acids is 2. The topological polar surface area (TPSA) is 91.0 Å². The molecule has 1 aliphatic rings. The van der Waals surface area contributed by atoms with Crippen molar-refractivity contribution in [3.05, 3.63) is 29.8 Å². The van der Waals surface area contributed by atoms with Crippen LogP contribution < -0.4 is 16.1 Å². The molecule has 8 heteroatoms. The first-order valence-electron chi connectivity index (χ1n) is 8.13. The Morgan fingerprint density at radius 3 is 2.40 bits per heavy atom. The lowest BCUT2D eigenvalue weighted by atomic mass is 10.1. The third-order valence-corrected chi connectivity index (χ3v) is 4.08. The second-order valence-corrected chi connectivity index (χ2v) is 6.34. The summed E-state index contributed by atoms with van der Waals surface area (Å²) < 4.78 is 0. The molecule has 0 spiro atoms. The van der Waals surface area contributed by atoms with Crippen LogP contribution in [-0.2, 0) is 4.79 Å². The third kappa shape index (κ3) is 4.70. The van der Waals surface area contributed by atoms with E-state index in [1.807, 2.05) is 24.3 Å². The van der Waals surface area contributed by atoms with Gasteiger partial charge in [0.2, 0.25) is 0 Å². The number of halogens is 1. The molecule has 1 heterocycles. The molecule has 0 radical (unpaired) electrons. The predicted molar refractivity (Wildman–Crippen MR) is 102 cm³/mol. The minimum absolute atomic E-state index is 0. The summed E-state index contributed by atoms with van der Waals surface area (Å²) in [7, 11) is 0. The number of benzene rings is 1. The van der Waals surface area contributed by atoms with E-state index in [9.17, 15) is 9.59 Å². The zero-order valence-corrected chi connectivity index (χ0v) is 15.8. The lowest BCUT2D eigenvalue weighted by molar-refractivity contribution is -0.112. The molecule has 1 aromatic rings. The number of nitrogens with two attached hydrogens (primary N) is 1. The maximum absolute atomic E-state index is 12.7. The Morgan fingerprint density at radius 2 is 1.84 bits per heavy atom. The Kier molecular flexibility index (Phi) is 7.38. The smallest absolute Gasteiger partial charge is 0.332 e. The van der Waals surface area contributed by atoms with Crippen molar-refractivity contribution in [3.8, 4) is 0 Å². The first kappa shape index (κ1) is 20.9. The number of carbonyl (C=O) groups is 2. The fraction of sp³-hybridized carbons (Fsp3) is 0.471. The molecule has 2 rings (SSSR count). The minimum Gasteiger partial charge on any atom is -0.350 e. The molecule has 0 bridgehead atoms.